The van der Waals surface area contributed by atoms with E-state index in [2.05, 4.69) is 9.97 Å². The van der Waals surface area contributed by atoms with Crippen molar-refractivity contribution < 1.29 is 14.3 Å². The van der Waals surface area contributed by atoms with Crippen LogP contribution in [0, 0.1) is 0 Å². The molecule has 0 saturated carbocycles. The quantitative estimate of drug-likeness (QED) is 0.530. The molecule has 0 aliphatic heterocycles. The van der Waals surface area contributed by atoms with Gasteiger partial charge in [-0.05, 0) is 19.1 Å². The Kier molecular flexibility index (Phi) is 3.97. The smallest absolute Gasteiger partial charge is 0.340 e. The molecular formula is C13H11ClN2O3. The summed E-state index contributed by atoms with van der Waals surface area (Å²) in [6.07, 6.45) is 4.36. The highest BCUT2D eigenvalue weighted by Crippen LogP contribution is 2.19. The molecule has 0 saturated heterocycles. The summed E-state index contributed by atoms with van der Waals surface area (Å²) >= 11 is 5.87. The van der Waals surface area contributed by atoms with Crippen LogP contribution >= 0.6 is 11.6 Å². The maximum Gasteiger partial charge on any atom is 0.340 e. The van der Waals surface area contributed by atoms with Crippen LogP contribution in [0.3, 0.4) is 0 Å². The standard InChI is InChI=1S/C13H11ClN2O3/c1-2-19-13(18)10-7-15-6-9(10)11(17)8-4-3-5-16-12(8)14/h3-7,15H,2H2,1H3. The minimum Gasteiger partial charge on any atom is -0.462 e. The fourth-order valence-corrected chi connectivity index (χ4v) is 1.84. The lowest BCUT2D eigenvalue weighted by Crippen LogP contribution is -2.11. The molecule has 6 heteroatoms. The molecule has 0 amide bonds. The first kappa shape index (κ1) is 13.3. The average Bonchev–Trinajstić information content (AvgIpc) is 2.88. The van der Waals surface area contributed by atoms with Gasteiger partial charge in [-0.1, -0.05) is 11.6 Å². The zero-order valence-electron chi connectivity index (χ0n) is 10.1. The normalized spacial score (nSPS) is 10.2. The lowest BCUT2D eigenvalue weighted by Gasteiger charge is -2.04. The van der Waals surface area contributed by atoms with Gasteiger partial charge in [-0.3, -0.25) is 4.79 Å². The van der Waals surface area contributed by atoms with Gasteiger partial charge in [-0.15, -0.1) is 0 Å². The van der Waals surface area contributed by atoms with Gasteiger partial charge in [-0.2, -0.15) is 0 Å². The number of carbonyl (C=O) groups excluding carboxylic acids is 2. The number of nitrogens with one attached hydrogen (secondary N) is 1. The molecule has 2 aromatic rings. The van der Waals surface area contributed by atoms with Crippen LogP contribution in [-0.4, -0.2) is 28.3 Å². The molecule has 5 nitrogen and oxygen atoms in total. The second-order valence-electron chi connectivity index (χ2n) is 3.67. The van der Waals surface area contributed by atoms with E-state index in [9.17, 15) is 9.59 Å². The van der Waals surface area contributed by atoms with Gasteiger partial charge in [0.15, 0.2) is 5.78 Å². The number of aromatic amines is 1. The predicted molar refractivity (Wildman–Crippen MR) is 69.4 cm³/mol. The second-order valence-corrected chi connectivity index (χ2v) is 4.03. The van der Waals surface area contributed by atoms with Crippen LogP contribution < -0.4 is 0 Å². The van der Waals surface area contributed by atoms with Crippen molar-refractivity contribution >= 4 is 23.4 Å². The molecule has 0 spiro atoms. The van der Waals surface area contributed by atoms with E-state index < -0.39 is 5.97 Å². The van der Waals surface area contributed by atoms with Gasteiger partial charge in [-0.25, -0.2) is 9.78 Å². The Morgan fingerprint density at radius 1 is 1.32 bits per heavy atom. The SMILES string of the molecule is CCOC(=O)c1c[nH]cc1C(=O)c1cccnc1Cl. The van der Waals surface area contributed by atoms with Crippen LogP contribution in [0.4, 0.5) is 0 Å². The first-order valence-corrected chi connectivity index (χ1v) is 6.02. The highest BCUT2D eigenvalue weighted by Gasteiger charge is 2.22. The molecule has 0 aliphatic rings. The van der Waals surface area contributed by atoms with E-state index in [1.165, 1.54) is 18.6 Å². The van der Waals surface area contributed by atoms with Crippen molar-refractivity contribution in [1.82, 2.24) is 9.97 Å². The topological polar surface area (TPSA) is 72.1 Å². The summed E-state index contributed by atoms with van der Waals surface area (Å²) in [6, 6.07) is 3.16. The van der Waals surface area contributed by atoms with Crippen LogP contribution in [0.2, 0.25) is 5.15 Å². The van der Waals surface area contributed by atoms with Crippen LogP contribution in [0.15, 0.2) is 30.7 Å². The van der Waals surface area contributed by atoms with Gasteiger partial charge in [0.1, 0.15) is 5.15 Å². The molecule has 0 bridgehead atoms. The number of aromatic nitrogens is 2. The number of esters is 1. The Morgan fingerprint density at radius 3 is 2.74 bits per heavy atom. The number of hydrogen-bond donors (Lipinski definition) is 1. The van der Waals surface area contributed by atoms with E-state index in [0.29, 0.717) is 0 Å². The van der Waals surface area contributed by atoms with Crippen LogP contribution in [0.1, 0.15) is 33.2 Å². The van der Waals surface area contributed by atoms with E-state index in [4.69, 9.17) is 16.3 Å². The molecule has 0 aromatic carbocycles. The molecule has 2 heterocycles. The van der Waals surface area contributed by atoms with Crippen LogP contribution in [-0.2, 0) is 4.74 Å². The highest BCUT2D eigenvalue weighted by molar-refractivity contribution is 6.34. The van der Waals surface area contributed by atoms with Crippen LogP contribution in [0.25, 0.3) is 0 Å². The molecule has 19 heavy (non-hydrogen) atoms. The van der Waals surface area contributed by atoms with Crippen molar-refractivity contribution in [2.24, 2.45) is 0 Å². The number of ether oxygens (including phenoxy) is 1. The molecule has 0 radical (unpaired) electrons. The van der Waals surface area contributed by atoms with Crippen molar-refractivity contribution in [3.8, 4) is 0 Å². The number of H-pyrrole nitrogens is 1. The number of pyridine rings is 1. The zero-order chi connectivity index (χ0) is 13.8. The molecular weight excluding hydrogens is 268 g/mol. The molecule has 2 rings (SSSR count). The summed E-state index contributed by atoms with van der Waals surface area (Å²) in [5, 5.41) is 0.100. The Bertz CT molecular complexity index is 622. The van der Waals surface area contributed by atoms with Crippen LogP contribution in [0.5, 0.6) is 0 Å². The fraction of sp³-hybridized carbons (Fsp3) is 0.154. The molecule has 1 N–H and O–H groups in total. The Hall–Kier alpha value is -2.14. The third-order valence-electron chi connectivity index (χ3n) is 2.49. The number of nitrogens with zero attached hydrogens (tertiary/aromatic N) is 1. The number of carbonyl (C=O) groups is 2. The van der Waals surface area contributed by atoms with Gasteiger partial charge in [0, 0.05) is 18.6 Å². The molecule has 0 atom stereocenters. The van der Waals surface area contributed by atoms with E-state index in [0.717, 1.165) is 0 Å². The third kappa shape index (κ3) is 2.66. The maximum atomic E-state index is 12.3. The molecule has 0 unspecified atom stereocenters. The van der Waals surface area contributed by atoms with E-state index in [1.54, 1.807) is 19.1 Å². The van der Waals surface area contributed by atoms with Crippen molar-refractivity contribution in [3.05, 3.63) is 52.6 Å². The minimum absolute atomic E-state index is 0.100. The Balaban J connectivity index is 2.38. The van der Waals surface area contributed by atoms with Gasteiger partial charge in [0.2, 0.25) is 0 Å². The summed E-state index contributed by atoms with van der Waals surface area (Å²) in [5.41, 5.74) is 0.648. The van der Waals surface area contributed by atoms with Crippen molar-refractivity contribution in [2.45, 2.75) is 6.92 Å². The van der Waals surface area contributed by atoms with Crippen molar-refractivity contribution in [3.63, 3.8) is 0 Å². The van der Waals surface area contributed by atoms with E-state index in [1.807, 2.05) is 0 Å². The Morgan fingerprint density at radius 2 is 2.05 bits per heavy atom. The zero-order valence-corrected chi connectivity index (χ0v) is 10.9. The summed E-state index contributed by atoms with van der Waals surface area (Å²) in [7, 11) is 0. The fourth-order valence-electron chi connectivity index (χ4n) is 1.63. The third-order valence-corrected chi connectivity index (χ3v) is 2.79. The summed E-state index contributed by atoms with van der Waals surface area (Å²) in [5.74, 6) is -0.922. The van der Waals surface area contributed by atoms with Gasteiger partial charge in [0.05, 0.1) is 23.3 Å². The lowest BCUT2D eigenvalue weighted by atomic mass is 10.0. The van der Waals surface area contributed by atoms with Gasteiger partial charge >= 0.3 is 5.97 Å². The lowest BCUT2D eigenvalue weighted by molar-refractivity contribution is 0.0524. The number of ketones is 1. The molecule has 0 aliphatic carbocycles. The summed E-state index contributed by atoms with van der Waals surface area (Å²) in [4.78, 5) is 30.6. The summed E-state index contributed by atoms with van der Waals surface area (Å²) < 4.78 is 4.88. The van der Waals surface area contributed by atoms with Gasteiger partial charge in [0.25, 0.3) is 0 Å². The molecule has 2 aromatic heterocycles. The largest absolute Gasteiger partial charge is 0.462 e. The molecule has 0 fully saturated rings. The maximum absolute atomic E-state index is 12.3. The monoisotopic (exact) mass is 278 g/mol. The number of hydrogen-bond acceptors (Lipinski definition) is 4. The highest BCUT2D eigenvalue weighted by atomic mass is 35.5. The van der Waals surface area contributed by atoms with E-state index in [-0.39, 0.29) is 34.2 Å². The van der Waals surface area contributed by atoms with E-state index >= 15 is 0 Å². The van der Waals surface area contributed by atoms with Crippen molar-refractivity contribution in [1.29, 1.82) is 0 Å². The number of halogens is 1. The first-order valence-electron chi connectivity index (χ1n) is 5.64. The van der Waals surface area contributed by atoms with Gasteiger partial charge < -0.3 is 9.72 Å². The van der Waals surface area contributed by atoms with Crippen molar-refractivity contribution in [2.75, 3.05) is 6.61 Å². The summed E-state index contributed by atoms with van der Waals surface area (Å²) in [6.45, 7) is 1.94. The Labute approximate surface area is 114 Å². The first-order chi connectivity index (χ1) is 9.15. The second kappa shape index (κ2) is 5.67. The number of rotatable bonds is 4. The average molecular weight is 279 g/mol. The predicted octanol–water partition coefficient (Wildman–Crippen LogP) is 2.47. The molecule has 98 valence electrons. The minimum atomic E-state index is -0.549.